The Kier molecular flexibility index (Phi) is 6.23. The molecule has 0 saturated heterocycles. The molecule has 1 amide bonds. The number of hydrogen-bond acceptors (Lipinski definition) is 5. The number of imidazole rings is 1. The average Bonchev–Trinajstić information content (AvgIpc) is 3.43. The molecule has 6 rings (SSSR count). The van der Waals surface area contributed by atoms with Gasteiger partial charge in [-0.25, -0.2) is 9.48 Å². The third kappa shape index (κ3) is 4.36. The van der Waals surface area contributed by atoms with E-state index in [1.54, 1.807) is 21.5 Å². The van der Waals surface area contributed by atoms with Crippen molar-refractivity contribution in [3.63, 3.8) is 0 Å². The van der Waals surface area contributed by atoms with Crippen LogP contribution in [0.25, 0.3) is 27.8 Å². The fourth-order valence-corrected chi connectivity index (χ4v) is 5.70. The number of aromatic nitrogens is 6. The molecule has 1 fully saturated rings. The topological polar surface area (TPSA) is 99.6 Å². The maximum absolute atomic E-state index is 13.8. The molecule has 1 aliphatic rings. The number of para-hydroxylation sites is 2. The molecular formula is C28H28ClN7O2. The van der Waals surface area contributed by atoms with E-state index in [0.717, 1.165) is 53.4 Å². The molecule has 3 aromatic heterocycles. The van der Waals surface area contributed by atoms with Crippen LogP contribution < -0.4 is 11.0 Å². The summed E-state index contributed by atoms with van der Waals surface area (Å²) in [6, 6.07) is 15.4. The molecule has 194 valence electrons. The number of carbonyl (C=O) groups excluding carboxylic acids is 1. The van der Waals surface area contributed by atoms with Gasteiger partial charge in [-0.2, -0.15) is 0 Å². The lowest BCUT2D eigenvalue weighted by Crippen LogP contribution is -2.39. The first-order chi connectivity index (χ1) is 18.4. The number of fused-ring (bicyclic) bond motifs is 2. The van der Waals surface area contributed by atoms with E-state index in [1.807, 2.05) is 61.0 Å². The second-order valence-electron chi connectivity index (χ2n) is 10.1. The Morgan fingerprint density at radius 3 is 2.61 bits per heavy atom. The lowest BCUT2D eigenvalue weighted by atomic mass is 9.85. The number of hydrogen-bond donors (Lipinski definition) is 1. The van der Waals surface area contributed by atoms with Gasteiger partial charge in [0.05, 0.1) is 38.5 Å². The lowest BCUT2D eigenvalue weighted by Gasteiger charge is -2.29. The maximum Gasteiger partial charge on any atom is 0.333 e. The zero-order chi connectivity index (χ0) is 26.4. The van der Waals surface area contributed by atoms with Crippen LogP contribution in [0, 0.1) is 12.8 Å². The van der Waals surface area contributed by atoms with Crippen molar-refractivity contribution in [2.24, 2.45) is 13.0 Å². The Labute approximate surface area is 224 Å². The molecule has 0 bridgehead atoms. The minimum atomic E-state index is -0.138. The number of pyridine rings is 1. The van der Waals surface area contributed by atoms with Gasteiger partial charge in [-0.15, -0.1) is 5.10 Å². The van der Waals surface area contributed by atoms with Gasteiger partial charge in [0, 0.05) is 25.8 Å². The van der Waals surface area contributed by atoms with Crippen LogP contribution in [0.5, 0.6) is 0 Å². The number of nitrogens with zero attached hydrogens (tertiary/aromatic N) is 6. The predicted molar refractivity (Wildman–Crippen MR) is 147 cm³/mol. The minimum absolute atomic E-state index is 0.0555. The van der Waals surface area contributed by atoms with E-state index in [1.165, 1.54) is 0 Å². The molecule has 1 N–H and O–H groups in total. The molecular weight excluding hydrogens is 502 g/mol. The first-order valence-corrected chi connectivity index (χ1v) is 13.2. The highest BCUT2D eigenvalue weighted by atomic mass is 35.5. The van der Waals surface area contributed by atoms with Crippen LogP contribution in [-0.2, 0) is 13.6 Å². The van der Waals surface area contributed by atoms with Crippen LogP contribution in [-0.4, -0.2) is 41.1 Å². The summed E-state index contributed by atoms with van der Waals surface area (Å²) in [5.41, 5.74) is 5.36. The highest BCUT2D eigenvalue weighted by Gasteiger charge is 2.26. The normalized spacial score (nSPS) is 17.8. The fraction of sp³-hybridized carbons (Fsp3) is 0.321. The molecule has 0 aliphatic heterocycles. The summed E-state index contributed by atoms with van der Waals surface area (Å²) in [7, 11) is 1.84. The van der Waals surface area contributed by atoms with E-state index in [-0.39, 0.29) is 17.6 Å². The van der Waals surface area contributed by atoms with E-state index in [0.29, 0.717) is 28.7 Å². The van der Waals surface area contributed by atoms with Gasteiger partial charge in [0.15, 0.2) is 0 Å². The quantitative estimate of drug-likeness (QED) is 0.363. The van der Waals surface area contributed by atoms with E-state index in [9.17, 15) is 9.59 Å². The van der Waals surface area contributed by atoms with Crippen molar-refractivity contribution in [1.82, 2.24) is 34.4 Å². The van der Waals surface area contributed by atoms with Crippen LogP contribution in [0.2, 0.25) is 5.02 Å². The van der Waals surface area contributed by atoms with Gasteiger partial charge >= 0.3 is 5.69 Å². The van der Waals surface area contributed by atoms with Gasteiger partial charge in [0.25, 0.3) is 5.91 Å². The van der Waals surface area contributed by atoms with Crippen molar-refractivity contribution in [2.45, 2.75) is 45.2 Å². The molecule has 5 aromatic rings. The number of amides is 1. The number of nitrogens with one attached hydrogen (secondary N) is 1. The molecule has 1 saturated carbocycles. The molecule has 1 aliphatic carbocycles. The minimum Gasteiger partial charge on any atom is -0.349 e. The van der Waals surface area contributed by atoms with Crippen molar-refractivity contribution in [2.75, 3.05) is 0 Å². The zero-order valence-electron chi connectivity index (χ0n) is 21.3. The first kappa shape index (κ1) is 24.4. The lowest BCUT2D eigenvalue weighted by molar-refractivity contribution is 0.0919. The Bertz CT molecular complexity index is 1730. The average molecular weight is 530 g/mol. The highest BCUT2D eigenvalue weighted by Crippen LogP contribution is 2.28. The highest BCUT2D eigenvalue weighted by molar-refractivity contribution is 6.30. The summed E-state index contributed by atoms with van der Waals surface area (Å²) in [5.74, 6) is 0.208. The standard InChI is InChI=1S/C28H28ClN7O2/c1-17-22(13-19(29)15-30-17)27(37)31-20-9-7-18(8-10-20)16-35-24-5-3-4-6-25(24)36(28(35)38)21-11-12-23-26(14-21)34(2)33-32-23/h3-6,11-15,18,20H,7-10,16H2,1-2H3,(H,31,37)/t18-,20-. The second kappa shape index (κ2) is 9.72. The van der Waals surface area contributed by atoms with E-state index >= 15 is 0 Å². The van der Waals surface area contributed by atoms with E-state index in [4.69, 9.17) is 11.6 Å². The van der Waals surface area contributed by atoms with E-state index in [2.05, 4.69) is 20.6 Å². The summed E-state index contributed by atoms with van der Waals surface area (Å²) < 4.78 is 5.38. The maximum atomic E-state index is 13.8. The van der Waals surface area contributed by atoms with Crippen molar-refractivity contribution in [1.29, 1.82) is 0 Å². The largest absolute Gasteiger partial charge is 0.349 e. The predicted octanol–water partition coefficient (Wildman–Crippen LogP) is 4.42. The van der Waals surface area contributed by atoms with Crippen molar-refractivity contribution < 1.29 is 4.79 Å². The summed E-state index contributed by atoms with van der Waals surface area (Å²) in [4.78, 5) is 30.8. The van der Waals surface area contributed by atoms with Crippen LogP contribution >= 0.6 is 11.6 Å². The molecule has 10 heteroatoms. The Hall–Kier alpha value is -3.98. The van der Waals surface area contributed by atoms with Gasteiger partial charge in [-0.1, -0.05) is 28.9 Å². The van der Waals surface area contributed by atoms with Gasteiger partial charge in [0.2, 0.25) is 0 Å². The van der Waals surface area contributed by atoms with Crippen LogP contribution in [0.15, 0.2) is 59.5 Å². The molecule has 3 heterocycles. The number of benzene rings is 2. The molecule has 2 aromatic carbocycles. The van der Waals surface area contributed by atoms with Crippen molar-refractivity contribution in [3.05, 3.63) is 81.5 Å². The molecule has 0 spiro atoms. The Balaban J connectivity index is 1.21. The smallest absolute Gasteiger partial charge is 0.333 e. The van der Waals surface area contributed by atoms with Gasteiger partial charge in [0.1, 0.15) is 5.52 Å². The monoisotopic (exact) mass is 529 g/mol. The SMILES string of the molecule is Cc1ncc(Cl)cc1C(=O)N[C@H]1CC[C@H](Cn2c(=O)n(-c3ccc4nnn(C)c4c3)c3ccccc32)CC1. The van der Waals surface area contributed by atoms with E-state index < -0.39 is 0 Å². The summed E-state index contributed by atoms with van der Waals surface area (Å²) in [5, 5.41) is 11.8. The van der Waals surface area contributed by atoms with Crippen LogP contribution in [0.4, 0.5) is 0 Å². The number of carbonyl (C=O) groups is 1. The Morgan fingerprint density at radius 2 is 1.82 bits per heavy atom. The van der Waals surface area contributed by atoms with Gasteiger partial charge in [-0.3, -0.25) is 18.9 Å². The first-order valence-electron chi connectivity index (χ1n) is 12.8. The van der Waals surface area contributed by atoms with Crippen LogP contribution in [0.1, 0.15) is 41.7 Å². The number of halogens is 1. The van der Waals surface area contributed by atoms with Gasteiger partial charge in [-0.05, 0) is 74.9 Å². The summed E-state index contributed by atoms with van der Waals surface area (Å²) in [6.45, 7) is 2.45. The molecule has 0 radical (unpaired) electrons. The zero-order valence-corrected chi connectivity index (χ0v) is 22.0. The fourth-order valence-electron chi connectivity index (χ4n) is 5.54. The third-order valence-electron chi connectivity index (χ3n) is 7.61. The second-order valence-corrected chi connectivity index (χ2v) is 10.5. The summed E-state index contributed by atoms with van der Waals surface area (Å²) >= 11 is 6.04. The molecule has 0 atom stereocenters. The Morgan fingerprint density at radius 1 is 1.05 bits per heavy atom. The molecule has 38 heavy (non-hydrogen) atoms. The van der Waals surface area contributed by atoms with Crippen molar-refractivity contribution >= 4 is 39.6 Å². The summed E-state index contributed by atoms with van der Waals surface area (Å²) in [6.07, 6.45) is 5.13. The van der Waals surface area contributed by atoms with Gasteiger partial charge < -0.3 is 5.32 Å². The number of aryl methyl sites for hydroxylation is 2. The molecule has 0 unspecified atom stereocenters. The van der Waals surface area contributed by atoms with Crippen molar-refractivity contribution in [3.8, 4) is 5.69 Å². The number of rotatable bonds is 5. The molecule has 9 nitrogen and oxygen atoms in total. The van der Waals surface area contributed by atoms with Crippen LogP contribution in [0.3, 0.4) is 0 Å². The third-order valence-corrected chi connectivity index (χ3v) is 7.82.